The van der Waals surface area contributed by atoms with Crippen LogP contribution in [0.3, 0.4) is 0 Å². The van der Waals surface area contributed by atoms with Gasteiger partial charge in [0.05, 0.1) is 5.02 Å². The van der Waals surface area contributed by atoms with Gasteiger partial charge < -0.3 is 10.1 Å². The third-order valence-electron chi connectivity index (χ3n) is 3.12. The highest BCUT2D eigenvalue weighted by atomic mass is 35.5. The molecule has 0 fully saturated rings. The first-order valence-electron chi connectivity index (χ1n) is 7.62. The fourth-order valence-electron chi connectivity index (χ4n) is 1.94. The van der Waals surface area contributed by atoms with Crippen LogP contribution in [0.2, 0.25) is 5.02 Å². The molecule has 4 nitrogen and oxygen atoms in total. The monoisotopic (exact) mass is 404 g/mol. The topological polar surface area (TPSA) is 51.2 Å². The van der Waals surface area contributed by atoms with Gasteiger partial charge in [0.1, 0.15) is 0 Å². The largest absolute Gasteiger partial charge is 0.468 e. The molecule has 0 aliphatic rings. The third kappa shape index (κ3) is 7.13. The van der Waals surface area contributed by atoms with Gasteiger partial charge in [0.2, 0.25) is 11.8 Å². The number of amides is 1. The Balaban J connectivity index is 1.79. The summed E-state index contributed by atoms with van der Waals surface area (Å²) in [6.45, 7) is -1.39. The van der Waals surface area contributed by atoms with Gasteiger partial charge in [-0.2, -0.15) is 13.2 Å². The molecule has 0 unspecified atom stereocenters. The van der Waals surface area contributed by atoms with Crippen molar-refractivity contribution in [3.63, 3.8) is 0 Å². The SMILES string of the molecule is O=C(CCSc1ccccc1Cl)NCc1cccnc1OCC(F)(F)F. The van der Waals surface area contributed by atoms with Crippen molar-refractivity contribution in [3.05, 3.63) is 53.2 Å². The van der Waals surface area contributed by atoms with E-state index in [1.165, 1.54) is 18.0 Å². The number of ether oxygens (including phenoxy) is 1. The van der Waals surface area contributed by atoms with Gasteiger partial charge in [0.25, 0.3) is 0 Å². The first-order chi connectivity index (χ1) is 12.3. The number of rotatable bonds is 8. The number of hydrogen-bond donors (Lipinski definition) is 1. The lowest BCUT2D eigenvalue weighted by atomic mass is 10.2. The number of halogens is 4. The summed E-state index contributed by atoms with van der Waals surface area (Å²) in [5.41, 5.74) is 0.379. The summed E-state index contributed by atoms with van der Waals surface area (Å²) in [6.07, 6.45) is -2.87. The predicted octanol–water partition coefficient (Wildman–Crippen LogP) is 4.47. The van der Waals surface area contributed by atoms with Gasteiger partial charge in [-0.15, -0.1) is 11.8 Å². The Morgan fingerprint density at radius 3 is 2.73 bits per heavy atom. The van der Waals surface area contributed by atoms with Crippen LogP contribution in [-0.4, -0.2) is 29.4 Å². The van der Waals surface area contributed by atoms with Gasteiger partial charge >= 0.3 is 6.18 Å². The second-order valence-corrected chi connectivity index (χ2v) is 6.72. The summed E-state index contributed by atoms with van der Waals surface area (Å²) >= 11 is 7.49. The Labute approximate surface area is 158 Å². The van der Waals surface area contributed by atoms with E-state index in [0.29, 0.717) is 16.3 Å². The zero-order valence-corrected chi connectivity index (χ0v) is 15.1. The van der Waals surface area contributed by atoms with Crippen molar-refractivity contribution in [1.82, 2.24) is 10.3 Å². The van der Waals surface area contributed by atoms with Crippen molar-refractivity contribution in [2.45, 2.75) is 24.0 Å². The Hall–Kier alpha value is -1.93. The standard InChI is InChI=1S/C17H16ClF3N2O2S/c18-13-5-1-2-6-14(13)26-9-7-15(24)23-10-12-4-3-8-22-16(12)25-11-17(19,20)21/h1-6,8H,7,9-11H2,(H,23,24). The number of aromatic nitrogens is 1. The highest BCUT2D eigenvalue weighted by molar-refractivity contribution is 7.99. The van der Waals surface area contributed by atoms with E-state index in [1.807, 2.05) is 18.2 Å². The minimum absolute atomic E-state index is 0.0383. The quantitative estimate of drug-likeness (QED) is 0.659. The van der Waals surface area contributed by atoms with E-state index >= 15 is 0 Å². The first kappa shape index (κ1) is 20.4. The van der Waals surface area contributed by atoms with Crippen molar-refractivity contribution in [2.75, 3.05) is 12.4 Å². The fourth-order valence-corrected chi connectivity index (χ4v) is 3.12. The Bertz CT molecular complexity index is 744. The van der Waals surface area contributed by atoms with Crippen molar-refractivity contribution in [3.8, 4) is 5.88 Å². The van der Waals surface area contributed by atoms with Crippen molar-refractivity contribution in [2.24, 2.45) is 0 Å². The molecule has 0 saturated carbocycles. The van der Waals surface area contributed by atoms with E-state index in [0.717, 1.165) is 4.90 Å². The minimum Gasteiger partial charge on any atom is -0.468 e. The number of carbonyl (C=O) groups excluding carboxylic acids is 1. The molecule has 9 heteroatoms. The molecule has 0 atom stereocenters. The Morgan fingerprint density at radius 2 is 2.00 bits per heavy atom. The smallest absolute Gasteiger partial charge is 0.422 e. The van der Waals surface area contributed by atoms with Crippen LogP contribution in [0.15, 0.2) is 47.5 Å². The summed E-state index contributed by atoms with van der Waals surface area (Å²) in [5.74, 6) is 0.158. The van der Waals surface area contributed by atoms with E-state index < -0.39 is 12.8 Å². The van der Waals surface area contributed by atoms with Crippen LogP contribution >= 0.6 is 23.4 Å². The Morgan fingerprint density at radius 1 is 1.23 bits per heavy atom. The molecule has 0 aliphatic carbocycles. The maximum atomic E-state index is 12.3. The normalized spacial score (nSPS) is 11.2. The molecule has 0 radical (unpaired) electrons. The van der Waals surface area contributed by atoms with Crippen LogP contribution in [0.5, 0.6) is 5.88 Å². The van der Waals surface area contributed by atoms with Gasteiger partial charge in [0, 0.05) is 35.4 Å². The van der Waals surface area contributed by atoms with Gasteiger partial charge in [-0.25, -0.2) is 4.98 Å². The lowest BCUT2D eigenvalue weighted by Crippen LogP contribution is -2.24. The van der Waals surface area contributed by atoms with E-state index in [9.17, 15) is 18.0 Å². The van der Waals surface area contributed by atoms with Crippen molar-refractivity contribution >= 4 is 29.3 Å². The van der Waals surface area contributed by atoms with E-state index in [2.05, 4.69) is 15.0 Å². The molecule has 0 aliphatic heterocycles. The van der Waals surface area contributed by atoms with Gasteiger partial charge in [0.15, 0.2) is 6.61 Å². The average molecular weight is 405 g/mol. The lowest BCUT2D eigenvalue weighted by molar-refractivity contribution is -0.154. The molecule has 1 amide bonds. The van der Waals surface area contributed by atoms with Gasteiger partial charge in [-0.1, -0.05) is 29.8 Å². The maximum Gasteiger partial charge on any atom is 0.422 e. The zero-order valence-electron chi connectivity index (χ0n) is 13.6. The van der Waals surface area contributed by atoms with E-state index in [-0.39, 0.29) is 24.8 Å². The highest BCUT2D eigenvalue weighted by Gasteiger charge is 2.29. The van der Waals surface area contributed by atoms with Crippen LogP contribution in [0, 0.1) is 0 Å². The van der Waals surface area contributed by atoms with Crippen molar-refractivity contribution in [1.29, 1.82) is 0 Å². The second kappa shape index (κ2) is 9.68. The molecule has 140 valence electrons. The lowest BCUT2D eigenvalue weighted by Gasteiger charge is -2.12. The summed E-state index contributed by atoms with van der Waals surface area (Å²) in [5, 5.41) is 3.28. The molecular weight excluding hydrogens is 389 g/mol. The number of benzene rings is 1. The molecule has 1 aromatic carbocycles. The first-order valence-corrected chi connectivity index (χ1v) is 8.99. The predicted molar refractivity (Wildman–Crippen MR) is 94.4 cm³/mol. The maximum absolute atomic E-state index is 12.3. The van der Waals surface area contributed by atoms with Crippen LogP contribution < -0.4 is 10.1 Å². The number of alkyl halides is 3. The third-order valence-corrected chi connectivity index (χ3v) is 4.64. The molecule has 1 N–H and O–H groups in total. The van der Waals surface area contributed by atoms with Crippen LogP contribution in [0.25, 0.3) is 0 Å². The van der Waals surface area contributed by atoms with E-state index in [4.69, 9.17) is 11.6 Å². The molecule has 26 heavy (non-hydrogen) atoms. The van der Waals surface area contributed by atoms with E-state index in [1.54, 1.807) is 18.2 Å². The Kier molecular flexibility index (Phi) is 7.59. The molecule has 2 aromatic rings. The second-order valence-electron chi connectivity index (χ2n) is 5.18. The number of thioether (sulfide) groups is 1. The average Bonchev–Trinajstić information content (AvgIpc) is 2.60. The molecular formula is C17H16ClF3N2O2S. The highest BCUT2D eigenvalue weighted by Crippen LogP contribution is 2.27. The number of nitrogens with one attached hydrogen (secondary N) is 1. The van der Waals surface area contributed by atoms with Crippen LogP contribution in [0.4, 0.5) is 13.2 Å². The summed E-state index contributed by atoms with van der Waals surface area (Å²) in [4.78, 5) is 16.6. The molecule has 0 saturated heterocycles. The summed E-state index contributed by atoms with van der Waals surface area (Å²) in [7, 11) is 0. The molecule has 0 spiro atoms. The number of pyridine rings is 1. The van der Waals surface area contributed by atoms with Crippen LogP contribution in [0.1, 0.15) is 12.0 Å². The fraction of sp³-hybridized carbons (Fsp3) is 0.294. The zero-order chi connectivity index (χ0) is 19.0. The number of nitrogens with zero attached hydrogens (tertiary/aromatic N) is 1. The number of hydrogen-bond acceptors (Lipinski definition) is 4. The summed E-state index contributed by atoms with van der Waals surface area (Å²) in [6, 6.07) is 10.4. The summed E-state index contributed by atoms with van der Waals surface area (Å²) < 4.78 is 41.5. The molecule has 2 rings (SSSR count). The minimum atomic E-state index is -4.45. The van der Waals surface area contributed by atoms with Crippen LogP contribution in [-0.2, 0) is 11.3 Å². The van der Waals surface area contributed by atoms with Gasteiger partial charge in [-0.05, 0) is 18.2 Å². The van der Waals surface area contributed by atoms with Gasteiger partial charge in [-0.3, -0.25) is 4.79 Å². The molecule has 0 bridgehead atoms. The van der Waals surface area contributed by atoms with Crippen molar-refractivity contribution < 1.29 is 22.7 Å². The molecule has 1 heterocycles. The molecule has 1 aromatic heterocycles. The number of carbonyl (C=O) groups is 1.